The molecule has 9 nitrogen and oxygen atoms in total. The number of nitrogens with zero attached hydrogens (tertiary/aromatic N) is 4. The number of anilines is 1. The molecule has 6 rings (SSSR count). The quantitative estimate of drug-likeness (QED) is 0.262. The second-order valence-corrected chi connectivity index (χ2v) is 10.7. The van der Waals surface area contributed by atoms with Gasteiger partial charge in [-0.05, 0) is 49.5 Å². The maximum atomic E-state index is 13.0. The van der Waals surface area contributed by atoms with Gasteiger partial charge in [0, 0.05) is 60.4 Å². The Morgan fingerprint density at radius 2 is 1.85 bits per heavy atom. The molecule has 4 aromatic rings. The van der Waals surface area contributed by atoms with Crippen LogP contribution in [0.25, 0.3) is 10.9 Å². The van der Waals surface area contributed by atoms with Crippen LogP contribution in [0.15, 0.2) is 65.7 Å². The number of piperazine rings is 1. The predicted molar refractivity (Wildman–Crippen MR) is 156 cm³/mol. The van der Waals surface area contributed by atoms with Crippen LogP contribution >= 0.6 is 11.6 Å². The molecule has 1 amide bonds. The van der Waals surface area contributed by atoms with Crippen molar-refractivity contribution in [2.75, 3.05) is 51.7 Å². The standard InChI is InChI=1S/C30H30ClN5O4/c1-34-11-13-36(14-12-34)17-27(37)35(2)23-8-6-22(7-9-23)32-29(19-3-4-20-18-39-40-26(20)15-19)28-24-10-5-21(31)16-25(24)33-30(28)38/h3-10,15-16,33,38H,11-14,17-18H2,1-2H3. The summed E-state index contributed by atoms with van der Waals surface area (Å²) in [5.41, 5.74) is 4.94. The van der Waals surface area contributed by atoms with Gasteiger partial charge in [0.05, 0.1) is 29.0 Å². The molecule has 3 heterocycles. The lowest BCUT2D eigenvalue weighted by atomic mass is 9.99. The van der Waals surface area contributed by atoms with Crippen LogP contribution in [-0.4, -0.2) is 78.3 Å². The largest absolute Gasteiger partial charge is 0.494 e. The highest BCUT2D eigenvalue weighted by Gasteiger charge is 2.23. The molecule has 0 bridgehead atoms. The molecule has 0 aliphatic carbocycles. The summed E-state index contributed by atoms with van der Waals surface area (Å²) in [6.07, 6.45) is 0. The molecule has 0 atom stereocenters. The van der Waals surface area contributed by atoms with Crippen molar-refractivity contribution in [3.05, 3.63) is 82.4 Å². The first-order valence-corrected chi connectivity index (χ1v) is 13.5. The molecule has 0 spiro atoms. The zero-order valence-electron chi connectivity index (χ0n) is 22.4. The highest BCUT2D eigenvalue weighted by molar-refractivity contribution is 6.31. The van der Waals surface area contributed by atoms with Crippen LogP contribution < -0.4 is 9.79 Å². The number of carbonyl (C=O) groups is 1. The Morgan fingerprint density at radius 1 is 1.07 bits per heavy atom. The Kier molecular flexibility index (Phi) is 7.20. The Morgan fingerprint density at radius 3 is 2.62 bits per heavy atom. The number of nitrogens with one attached hydrogen (secondary N) is 1. The van der Waals surface area contributed by atoms with Crippen molar-refractivity contribution < 1.29 is 19.7 Å². The lowest BCUT2D eigenvalue weighted by molar-refractivity contribution is -0.194. The van der Waals surface area contributed by atoms with Crippen LogP contribution in [0.5, 0.6) is 11.6 Å². The van der Waals surface area contributed by atoms with Gasteiger partial charge in [0.15, 0.2) is 11.6 Å². The summed E-state index contributed by atoms with van der Waals surface area (Å²) in [7, 11) is 3.90. The lowest BCUT2D eigenvalue weighted by Gasteiger charge is -2.32. The molecular weight excluding hydrogens is 530 g/mol. The van der Waals surface area contributed by atoms with Crippen molar-refractivity contribution in [3.8, 4) is 11.6 Å². The van der Waals surface area contributed by atoms with Gasteiger partial charge < -0.3 is 24.8 Å². The molecule has 2 aliphatic heterocycles. The monoisotopic (exact) mass is 559 g/mol. The molecule has 2 N–H and O–H groups in total. The van der Waals surface area contributed by atoms with E-state index in [1.54, 1.807) is 24.1 Å². The van der Waals surface area contributed by atoms with Crippen molar-refractivity contribution in [3.63, 3.8) is 0 Å². The van der Waals surface area contributed by atoms with Gasteiger partial charge >= 0.3 is 0 Å². The topological polar surface area (TPSA) is 93.6 Å². The van der Waals surface area contributed by atoms with Gasteiger partial charge in [0.2, 0.25) is 5.91 Å². The average Bonchev–Trinajstić information content (AvgIpc) is 3.55. The van der Waals surface area contributed by atoms with Gasteiger partial charge in [-0.25, -0.2) is 4.99 Å². The van der Waals surface area contributed by atoms with Gasteiger partial charge in [-0.15, -0.1) is 0 Å². The smallest absolute Gasteiger partial charge is 0.240 e. The lowest BCUT2D eigenvalue weighted by Crippen LogP contribution is -2.48. The van der Waals surface area contributed by atoms with Gasteiger partial charge in [-0.2, -0.15) is 4.89 Å². The Bertz CT molecular complexity index is 1590. The zero-order chi connectivity index (χ0) is 27.8. The molecular formula is C30H30ClN5O4. The van der Waals surface area contributed by atoms with E-state index in [0.717, 1.165) is 48.4 Å². The fraction of sp³-hybridized carbons (Fsp3) is 0.267. The van der Waals surface area contributed by atoms with Crippen LogP contribution in [0.4, 0.5) is 11.4 Å². The summed E-state index contributed by atoms with van der Waals surface area (Å²) in [5, 5.41) is 12.3. The summed E-state index contributed by atoms with van der Waals surface area (Å²) in [6.45, 7) is 4.48. The fourth-order valence-electron chi connectivity index (χ4n) is 5.04. The molecule has 10 heteroatoms. The first kappa shape index (κ1) is 26.3. The second kappa shape index (κ2) is 10.9. The molecule has 1 aromatic heterocycles. The number of halogens is 1. The first-order chi connectivity index (χ1) is 19.4. The van der Waals surface area contributed by atoms with Crippen molar-refractivity contribution in [2.45, 2.75) is 6.61 Å². The number of hydrogen-bond acceptors (Lipinski definition) is 7. The Hall–Kier alpha value is -3.89. The summed E-state index contributed by atoms with van der Waals surface area (Å²) in [4.78, 5) is 37.5. The third kappa shape index (κ3) is 5.29. The minimum absolute atomic E-state index is 0.0143. The highest BCUT2D eigenvalue weighted by Crippen LogP contribution is 2.35. The van der Waals surface area contributed by atoms with E-state index in [9.17, 15) is 9.90 Å². The van der Waals surface area contributed by atoms with Crippen LogP contribution in [0.1, 0.15) is 16.7 Å². The number of fused-ring (bicyclic) bond motifs is 2. The number of H-pyrrole nitrogens is 1. The molecule has 1 saturated heterocycles. The third-order valence-electron chi connectivity index (χ3n) is 7.49. The van der Waals surface area contributed by atoms with E-state index in [-0.39, 0.29) is 11.8 Å². The van der Waals surface area contributed by atoms with E-state index in [2.05, 4.69) is 21.8 Å². The summed E-state index contributed by atoms with van der Waals surface area (Å²) >= 11 is 6.20. The average molecular weight is 560 g/mol. The van der Waals surface area contributed by atoms with Crippen LogP contribution in [0.2, 0.25) is 5.02 Å². The highest BCUT2D eigenvalue weighted by atomic mass is 35.5. The number of rotatable bonds is 6. The SMILES string of the molecule is CN1CCN(CC(=O)N(C)c2ccc(N=C(c3ccc4c(c3)OOC4)c3c(O)[nH]c4cc(Cl)ccc34)cc2)CC1. The summed E-state index contributed by atoms with van der Waals surface area (Å²) in [5.74, 6) is 0.646. The van der Waals surface area contributed by atoms with Gasteiger partial charge in [-0.1, -0.05) is 29.8 Å². The van der Waals surface area contributed by atoms with E-state index in [4.69, 9.17) is 26.4 Å². The van der Waals surface area contributed by atoms with Crippen LogP contribution in [-0.2, 0) is 16.3 Å². The molecule has 0 radical (unpaired) electrons. The molecule has 40 heavy (non-hydrogen) atoms. The zero-order valence-corrected chi connectivity index (χ0v) is 23.1. The number of benzene rings is 3. The summed E-state index contributed by atoms with van der Waals surface area (Å²) < 4.78 is 0. The first-order valence-electron chi connectivity index (χ1n) is 13.2. The number of likely N-dealkylation sites (N-methyl/N-ethyl adjacent to an activating group) is 2. The Labute approximate surface area is 237 Å². The number of aliphatic imine (C=N–C) groups is 1. The summed E-state index contributed by atoms with van der Waals surface area (Å²) in [6, 6.07) is 18.6. The van der Waals surface area contributed by atoms with Gasteiger partial charge in [-0.3, -0.25) is 9.69 Å². The minimum atomic E-state index is -0.0143. The third-order valence-corrected chi connectivity index (χ3v) is 7.72. The predicted octanol–water partition coefficient (Wildman–Crippen LogP) is 4.73. The fourth-order valence-corrected chi connectivity index (χ4v) is 5.21. The van der Waals surface area contributed by atoms with E-state index >= 15 is 0 Å². The van der Waals surface area contributed by atoms with Crippen molar-refractivity contribution in [2.24, 2.45) is 4.99 Å². The van der Waals surface area contributed by atoms with Gasteiger partial charge in [0.1, 0.15) is 6.61 Å². The molecule has 1 fully saturated rings. The number of aromatic hydroxyl groups is 1. The molecule has 206 valence electrons. The van der Waals surface area contributed by atoms with Crippen molar-refractivity contribution in [1.29, 1.82) is 0 Å². The number of carbonyl (C=O) groups excluding carboxylic acids is 1. The van der Waals surface area contributed by atoms with Crippen molar-refractivity contribution in [1.82, 2.24) is 14.8 Å². The number of aromatic nitrogens is 1. The maximum absolute atomic E-state index is 13.0. The second-order valence-electron chi connectivity index (χ2n) is 10.2. The van der Waals surface area contributed by atoms with E-state index in [1.165, 1.54) is 0 Å². The minimum Gasteiger partial charge on any atom is -0.494 e. The van der Waals surface area contributed by atoms with Gasteiger partial charge in [0.25, 0.3) is 0 Å². The number of amides is 1. The van der Waals surface area contributed by atoms with E-state index in [0.29, 0.717) is 46.4 Å². The van der Waals surface area contributed by atoms with E-state index < -0.39 is 0 Å². The molecule has 0 saturated carbocycles. The van der Waals surface area contributed by atoms with Crippen molar-refractivity contribution >= 4 is 45.5 Å². The Balaban J connectivity index is 1.32. The van der Waals surface area contributed by atoms with Crippen LogP contribution in [0.3, 0.4) is 0 Å². The normalized spacial score (nSPS) is 16.2. The van der Waals surface area contributed by atoms with E-state index in [1.807, 2.05) is 48.5 Å². The number of aromatic amines is 1. The maximum Gasteiger partial charge on any atom is 0.240 e. The number of hydrogen-bond donors (Lipinski definition) is 2. The molecule has 3 aromatic carbocycles. The van der Waals surface area contributed by atoms with Crippen LogP contribution in [0, 0.1) is 0 Å². The molecule has 0 unspecified atom stereocenters. The molecule has 2 aliphatic rings.